The fraction of sp³-hybridized carbons (Fsp3) is 0.143. The molecule has 0 fully saturated rings. The molecule has 4 N–H and O–H groups in total. The van der Waals surface area contributed by atoms with Crippen LogP contribution in [0.15, 0.2) is 42.5 Å². The summed E-state index contributed by atoms with van der Waals surface area (Å²) in [7, 11) is 0. The van der Waals surface area contributed by atoms with Crippen molar-refractivity contribution in [2.45, 2.75) is 13.2 Å². The van der Waals surface area contributed by atoms with Crippen LogP contribution in [0.5, 0.6) is 17.2 Å². The van der Waals surface area contributed by atoms with Crippen LogP contribution in [0.2, 0.25) is 0 Å². The van der Waals surface area contributed by atoms with Crippen molar-refractivity contribution in [1.82, 2.24) is 0 Å². The fourth-order valence-electron chi connectivity index (χ4n) is 1.66. The lowest BCUT2D eigenvalue weighted by Gasteiger charge is -2.11. The maximum Gasteiger partial charge on any atom is 0.166 e. The Bertz CT molecular complexity index is 526. The molecule has 4 heteroatoms. The molecule has 0 aliphatic heterocycles. The van der Waals surface area contributed by atoms with Crippen molar-refractivity contribution in [3.63, 3.8) is 0 Å². The minimum absolute atomic E-state index is 0.0259. The van der Waals surface area contributed by atoms with Gasteiger partial charge < -0.3 is 20.7 Å². The number of ether oxygens (including phenoxy) is 1. The van der Waals surface area contributed by atoms with Gasteiger partial charge in [0.05, 0.1) is 5.56 Å². The molecule has 0 bridgehead atoms. The standard InChI is InChI=1S/C14H15NO3/c15-8-11-12(16)6-7-13(14(11)17)18-9-10-4-2-1-3-5-10/h1-7,16-17H,8-9,15H2. The van der Waals surface area contributed by atoms with E-state index >= 15 is 0 Å². The Morgan fingerprint density at radius 2 is 1.72 bits per heavy atom. The average Bonchev–Trinajstić information content (AvgIpc) is 2.40. The average molecular weight is 245 g/mol. The number of phenols is 2. The van der Waals surface area contributed by atoms with Gasteiger partial charge in [-0.1, -0.05) is 30.3 Å². The van der Waals surface area contributed by atoms with Crippen LogP contribution in [0.25, 0.3) is 0 Å². The van der Waals surface area contributed by atoms with Crippen molar-refractivity contribution in [2.24, 2.45) is 5.73 Å². The van der Waals surface area contributed by atoms with Crippen molar-refractivity contribution in [2.75, 3.05) is 0 Å². The first-order valence-corrected chi connectivity index (χ1v) is 5.63. The maximum absolute atomic E-state index is 9.88. The van der Waals surface area contributed by atoms with Gasteiger partial charge >= 0.3 is 0 Å². The highest BCUT2D eigenvalue weighted by Gasteiger charge is 2.11. The molecule has 0 radical (unpaired) electrons. The van der Waals surface area contributed by atoms with Gasteiger partial charge in [-0.3, -0.25) is 0 Å². The summed E-state index contributed by atoms with van der Waals surface area (Å²) in [6.45, 7) is 0.406. The lowest BCUT2D eigenvalue weighted by molar-refractivity contribution is 0.286. The summed E-state index contributed by atoms with van der Waals surface area (Å²) in [6, 6.07) is 12.6. The van der Waals surface area contributed by atoms with Gasteiger partial charge in [0, 0.05) is 6.54 Å². The van der Waals surface area contributed by atoms with E-state index in [2.05, 4.69) is 0 Å². The van der Waals surface area contributed by atoms with Gasteiger partial charge in [-0.25, -0.2) is 0 Å². The summed E-state index contributed by atoms with van der Waals surface area (Å²) >= 11 is 0. The Labute approximate surface area is 105 Å². The van der Waals surface area contributed by atoms with Gasteiger partial charge in [0.25, 0.3) is 0 Å². The lowest BCUT2D eigenvalue weighted by atomic mass is 10.1. The zero-order chi connectivity index (χ0) is 13.0. The first-order valence-electron chi connectivity index (χ1n) is 5.63. The molecule has 0 amide bonds. The first-order chi connectivity index (χ1) is 8.72. The quantitative estimate of drug-likeness (QED) is 0.771. The number of rotatable bonds is 4. The highest BCUT2D eigenvalue weighted by molar-refractivity contribution is 5.52. The number of nitrogens with two attached hydrogens (primary N) is 1. The van der Waals surface area contributed by atoms with Crippen LogP contribution in [0.4, 0.5) is 0 Å². The molecule has 0 aromatic heterocycles. The Morgan fingerprint density at radius 3 is 2.39 bits per heavy atom. The molecule has 0 heterocycles. The van der Waals surface area contributed by atoms with Crippen LogP contribution in [-0.4, -0.2) is 10.2 Å². The summed E-state index contributed by atoms with van der Waals surface area (Å²) in [4.78, 5) is 0. The highest BCUT2D eigenvalue weighted by atomic mass is 16.5. The summed E-state index contributed by atoms with van der Waals surface area (Å²) in [5.41, 5.74) is 6.74. The van der Waals surface area contributed by atoms with E-state index in [1.54, 1.807) is 0 Å². The fourth-order valence-corrected chi connectivity index (χ4v) is 1.66. The molecule has 2 rings (SSSR count). The molecule has 0 spiro atoms. The Kier molecular flexibility index (Phi) is 3.69. The monoisotopic (exact) mass is 245 g/mol. The van der Waals surface area contributed by atoms with E-state index in [1.807, 2.05) is 30.3 Å². The third-order valence-corrected chi connectivity index (χ3v) is 2.66. The van der Waals surface area contributed by atoms with Gasteiger partial charge in [-0.15, -0.1) is 0 Å². The van der Waals surface area contributed by atoms with E-state index < -0.39 is 0 Å². The van der Waals surface area contributed by atoms with E-state index in [4.69, 9.17) is 10.5 Å². The summed E-state index contributed by atoms with van der Waals surface area (Å²) in [5, 5.41) is 19.4. The van der Waals surface area contributed by atoms with Crippen LogP contribution < -0.4 is 10.5 Å². The zero-order valence-electron chi connectivity index (χ0n) is 9.84. The molecule has 0 aliphatic carbocycles. The molecule has 94 valence electrons. The van der Waals surface area contributed by atoms with Crippen LogP contribution in [0.3, 0.4) is 0 Å². The number of benzene rings is 2. The molecular weight excluding hydrogens is 230 g/mol. The molecule has 18 heavy (non-hydrogen) atoms. The van der Waals surface area contributed by atoms with Crippen LogP contribution in [0, 0.1) is 0 Å². The molecule has 0 unspecified atom stereocenters. The van der Waals surface area contributed by atoms with E-state index in [9.17, 15) is 10.2 Å². The molecule has 2 aromatic carbocycles. The molecule has 0 aliphatic rings. The van der Waals surface area contributed by atoms with Crippen LogP contribution >= 0.6 is 0 Å². The Hall–Kier alpha value is -2.20. The second-order valence-corrected chi connectivity index (χ2v) is 3.89. The largest absolute Gasteiger partial charge is 0.507 e. The topological polar surface area (TPSA) is 75.7 Å². The van der Waals surface area contributed by atoms with E-state index in [-0.39, 0.29) is 18.0 Å². The Morgan fingerprint density at radius 1 is 1.00 bits per heavy atom. The third-order valence-electron chi connectivity index (χ3n) is 2.66. The normalized spacial score (nSPS) is 10.3. The second kappa shape index (κ2) is 5.42. The minimum atomic E-state index is -0.103. The van der Waals surface area contributed by atoms with Crippen molar-refractivity contribution >= 4 is 0 Å². The number of hydrogen-bond donors (Lipinski definition) is 3. The summed E-state index contributed by atoms with van der Waals surface area (Å²) in [5.74, 6) is 0.188. The van der Waals surface area contributed by atoms with E-state index in [1.165, 1.54) is 12.1 Å². The van der Waals surface area contributed by atoms with Gasteiger partial charge in [-0.2, -0.15) is 0 Å². The molecule has 0 saturated carbocycles. The van der Waals surface area contributed by atoms with Crippen molar-refractivity contribution in [3.8, 4) is 17.2 Å². The molecular formula is C14H15NO3. The van der Waals surface area contributed by atoms with Crippen molar-refractivity contribution in [1.29, 1.82) is 0 Å². The van der Waals surface area contributed by atoms with Crippen molar-refractivity contribution in [3.05, 3.63) is 53.6 Å². The zero-order valence-corrected chi connectivity index (χ0v) is 9.84. The summed E-state index contributed by atoms with van der Waals surface area (Å²) < 4.78 is 5.50. The van der Waals surface area contributed by atoms with Crippen molar-refractivity contribution < 1.29 is 14.9 Å². The predicted octanol–water partition coefficient (Wildman–Crippen LogP) is 2.14. The predicted molar refractivity (Wildman–Crippen MR) is 68.4 cm³/mol. The highest BCUT2D eigenvalue weighted by Crippen LogP contribution is 2.35. The van der Waals surface area contributed by atoms with Crippen LogP contribution in [-0.2, 0) is 13.2 Å². The lowest BCUT2D eigenvalue weighted by Crippen LogP contribution is -2.00. The molecule has 2 aromatic rings. The maximum atomic E-state index is 9.88. The third kappa shape index (κ3) is 2.55. The van der Waals surface area contributed by atoms with Gasteiger partial charge in [0.1, 0.15) is 12.4 Å². The molecule has 0 saturated heterocycles. The smallest absolute Gasteiger partial charge is 0.166 e. The van der Waals surface area contributed by atoms with Gasteiger partial charge in [-0.05, 0) is 17.7 Å². The number of phenolic OH excluding ortho intramolecular Hbond substituents is 2. The number of hydrogen-bond acceptors (Lipinski definition) is 4. The van der Waals surface area contributed by atoms with E-state index in [0.717, 1.165) is 5.56 Å². The summed E-state index contributed by atoms with van der Waals surface area (Å²) in [6.07, 6.45) is 0. The number of aromatic hydroxyl groups is 2. The SMILES string of the molecule is NCc1c(O)ccc(OCc2ccccc2)c1O. The second-order valence-electron chi connectivity index (χ2n) is 3.89. The first kappa shape index (κ1) is 12.3. The minimum Gasteiger partial charge on any atom is -0.507 e. The van der Waals surface area contributed by atoms with E-state index in [0.29, 0.717) is 17.9 Å². The molecule has 0 atom stereocenters. The van der Waals surface area contributed by atoms with Crippen LogP contribution in [0.1, 0.15) is 11.1 Å². The van der Waals surface area contributed by atoms with Gasteiger partial charge in [0.15, 0.2) is 11.5 Å². The molecule has 4 nitrogen and oxygen atoms in total. The van der Waals surface area contributed by atoms with Gasteiger partial charge in [0.2, 0.25) is 0 Å². The Balaban J connectivity index is 2.15.